The number of urea groups is 1. The zero-order valence-corrected chi connectivity index (χ0v) is 21.0. The molecule has 4 rings (SSSR count). The van der Waals surface area contributed by atoms with Crippen LogP contribution in [0.1, 0.15) is 12.0 Å². The van der Waals surface area contributed by atoms with Gasteiger partial charge in [0.15, 0.2) is 17.0 Å². The van der Waals surface area contributed by atoms with Gasteiger partial charge in [0.1, 0.15) is 18.4 Å². The molecular weight excluding hydrogens is 501 g/mol. The molecule has 0 bridgehead atoms. The molecule has 0 radical (unpaired) electrons. The Kier molecular flexibility index (Phi) is 7.96. The standard InChI is InChI=1S/C25H27F3N8O2/c1-29-22-21-23(31-14-30-22)36(15-32-21)18-8-5-16(6-9-18)33-24(37)34-17-7-10-20(19(13-17)25(26,27)28)38-12-4-11-35(2)3/h5-10,13-15H,4,11-12H2,1-3H3,(H,29,30,31)(H2,33,34,37). The summed E-state index contributed by atoms with van der Waals surface area (Å²) in [7, 11) is 5.49. The molecule has 0 saturated heterocycles. The van der Waals surface area contributed by atoms with Crippen LogP contribution >= 0.6 is 0 Å². The Labute approximate surface area is 216 Å². The van der Waals surface area contributed by atoms with Crippen molar-refractivity contribution in [1.82, 2.24) is 24.4 Å². The van der Waals surface area contributed by atoms with E-state index in [1.807, 2.05) is 19.0 Å². The van der Waals surface area contributed by atoms with Gasteiger partial charge in [-0.3, -0.25) is 4.57 Å². The van der Waals surface area contributed by atoms with Crippen LogP contribution in [0.25, 0.3) is 16.9 Å². The van der Waals surface area contributed by atoms with E-state index in [1.165, 1.54) is 18.5 Å². The first-order valence-electron chi connectivity index (χ1n) is 11.7. The highest BCUT2D eigenvalue weighted by molar-refractivity contribution is 6.00. The number of fused-ring (bicyclic) bond motifs is 1. The van der Waals surface area contributed by atoms with Crippen molar-refractivity contribution in [2.24, 2.45) is 0 Å². The quantitative estimate of drug-likeness (QED) is 0.267. The first-order valence-corrected chi connectivity index (χ1v) is 11.7. The number of amides is 2. The Morgan fingerprint density at radius 3 is 2.42 bits per heavy atom. The van der Waals surface area contributed by atoms with Crippen molar-refractivity contribution in [1.29, 1.82) is 0 Å². The number of hydrogen-bond acceptors (Lipinski definition) is 7. The van der Waals surface area contributed by atoms with Crippen molar-refractivity contribution < 1.29 is 22.7 Å². The van der Waals surface area contributed by atoms with Crippen LogP contribution in [0.5, 0.6) is 5.75 Å². The van der Waals surface area contributed by atoms with Gasteiger partial charge < -0.3 is 25.6 Å². The molecule has 4 aromatic rings. The summed E-state index contributed by atoms with van der Waals surface area (Å²) in [4.78, 5) is 27.2. The van der Waals surface area contributed by atoms with E-state index in [0.29, 0.717) is 35.6 Å². The van der Waals surface area contributed by atoms with Gasteiger partial charge in [-0.05, 0) is 63.0 Å². The van der Waals surface area contributed by atoms with Gasteiger partial charge in [0.05, 0.1) is 12.2 Å². The number of rotatable bonds is 9. The van der Waals surface area contributed by atoms with Crippen LogP contribution in [0, 0.1) is 0 Å². The van der Waals surface area contributed by atoms with E-state index in [2.05, 4.69) is 30.9 Å². The number of alkyl halides is 3. The summed E-state index contributed by atoms with van der Waals surface area (Å²) < 4.78 is 48.0. The third kappa shape index (κ3) is 6.29. The van der Waals surface area contributed by atoms with Crippen LogP contribution in [0.3, 0.4) is 0 Å². The number of anilines is 3. The molecule has 0 spiro atoms. The molecule has 0 fully saturated rings. The Balaban J connectivity index is 1.42. The number of hydrogen-bond donors (Lipinski definition) is 3. The monoisotopic (exact) mass is 528 g/mol. The van der Waals surface area contributed by atoms with E-state index in [9.17, 15) is 18.0 Å². The molecule has 2 heterocycles. The number of imidazole rings is 1. The molecule has 2 aromatic carbocycles. The van der Waals surface area contributed by atoms with Gasteiger partial charge in [0.2, 0.25) is 0 Å². The lowest BCUT2D eigenvalue weighted by Crippen LogP contribution is -2.20. The molecule has 0 unspecified atom stereocenters. The largest absolute Gasteiger partial charge is 0.493 e. The topological polar surface area (TPSA) is 109 Å². The minimum absolute atomic E-state index is 0.0167. The first-order chi connectivity index (χ1) is 18.2. The Morgan fingerprint density at radius 2 is 1.74 bits per heavy atom. The molecule has 2 aromatic heterocycles. The number of halogens is 3. The molecule has 0 saturated carbocycles. The summed E-state index contributed by atoms with van der Waals surface area (Å²) in [6.45, 7) is 0.829. The number of benzene rings is 2. The lowest BCUT2D eigenvalue weighted by molar-refractivity contribution is -0.138. The second-order valence-electron chi connectivity index (χ2n) is 8.60. The fourth-order valence-corrected chi connectivity index (χ4v) is 3.72. The van der Waals surface area contributed by atoms with Crippen molar-refractivity contribution in [3.05, 3.63) is 60.7 Å². The van der Waals surface area contributed by atoms with Gasteiger partial charge in [0, 0.05) is 30.7 Å². The Morgan fingerprint density at radius 1 is 1.03 bits per heavy atom. The SMILES string of the molecule is CNc1ncnc2c1ncn2-c1ccc(NC(=O)Nc2ccc(OCCCN(C)C)c(C(F)(F)F)c2)cc1. The van der Waals surface area contributed by atoms with Crippen LogP contribution in [0.4, 0.5) is 35.2 Å². The van der Waals surface area contributed by atoms with Crippen molar-refractivity contribution in [3.63, 3.8) is 0 Å². The van der Waals surface area contributed by atoms with Crippen LogP contribution in [-0.4, -0.2) is 64.7 Å². The summed E-state index contributed by atoms with van der Waals surface area (Å²) in [5.74, 6) is 0.318. The molecule has 0 atom stereocenters. The molecule has 38 heavy (non-hydrogen) atoms. The van der Waals surface area contributed by atoms with Gasteiger partial charge in [-0.15, -0.1) is 0 Å². The molecule has 10 nitrogen and oxygen atoms in total. The zero-order chi connectivity index (χ0) is 27.3. The highest BCUT2D eigenvalue weighted by Gasteiger charge is 2.35. The van der Waals surface area contributed by atoms with Crippen LogP contribution in [-0.2, 0) is 6.18 Å². The maximum Gasteiger partial charge on any atom is 0.420 e. The van der Waals surface area contributed by atoms with Gasteiger partial charge in [-0.1, -0.05) is 0 Å². The molecule has 2 amide bonds. The number of carbonyl (C=O) groups is 1. The highest BCUT2D eigenvalue weighted by Crippen LogP contribution is 2.38. The number of ether oxygens (including phenoxy) is 1. The smallest absolute Gasteiger partial charge is 0.420 e. The molecule has 0 aliphatic rings. The molecule has 200 valence electrons. The molecular formula is C25H27F3N8O2. The summed E-state index contributed by atoms with van der Waals surface area (Å²) >= 11 is 0. The van der Waals surface area contributed by atoms with Gasteiger partial charge in [0.25, 0.3) is 0 Å². The maximum absolute atomic E-state index is 13.6. The number of aromatic nitrogens is 4. The summed E-state index contributed by atoms with van der Waals surface area (Å²) in [6, 6.07) is 9.57. The fourth-order valence-electron chi connectivity index (χ4n) is 3.72. The average Bonchev–Trinajstić information content (AvgIpc) is 3.31. The second kappa shape index (κ2) is 11.3. The van der Waals surface area contributed by atoms with E-state index >= 15 is 0 Å². The van der Waals surface area contributed by atoms with Crippen molar-refractivity contribution in [2.75, 3.05) is 50.2 Å². The van der Waals surface area contributed by atoms with E-state index in [4.69, 9.17) is 4.74 Å². The second-order valence-corrected chi connectivity index (χ2v) is 8.60. The van der Waals surface area contributed by atoms with Crippen molar-refractivity contribution >= 4 is 34.4 Å². The third-order valence-corrected chi connectivity index (χ3v) is 5.52. The van der Waals surface area contributed by atoms with Crippen LogP contribution in [0.2, 0.25) is 0 Å². The predicted molar refractivity (Wildman–Crippen MR) is 139 cm³/mol. The molecule has 0 aliphatic heterocycles. The zero-order valence-electron chi connectivity index (χ0n) is 21.0. The highest BCUT2D eigenvalue weighted by atomic mass is 19.4. The van der Waals surface area contributed by atoms with Gasteiger partial charge >= 0.3 is 12.2 Å². The average molecular weight is 529 g/mol. The van der Waals surface area contributed by atoms with E-state index in [1.54, 1.807) is 42.2 Å². The lowest BCUT2D eigenvalue weighted by atomic mass is 10.1. The third-order valence-electron chi connectivity index (χ3n) is 5.52. The number of nitrogens with zero attached hydrogens (tertiary/aromatic N) is 5. The molecule has 0 aliphatic carbocycles. The Bertz CT molecular complexity index is 1400. The van der Waals surface area contributed by atoms with E-state index in [-0.39, 0.29) is 18.0 Å². The predicted octanol–water partition coefficient (Wildman–Crippen LogP) is 4.85. The number of nitrogens with one attached hydrogen (secondary N) is 3. The van der Waals surface area contributed by atoms with Crippen LogP contribution < -0.4 is 20.7 Å². The van der Waals surface area contributed by atoms with E-state index in [0.717, 1.165) is 11.8 Å². The number of carbonyl (C=O) groups excluding carboxylic acids is 1. The van der Waals surface area contributed by atoms with Crippen molar-refractivity contribution in [3.8, 4) is 11.4 Å². The molecule has 13 heteroatoms. The summed E-state index contributed by atoms with van der Waals surface area (Å²) in [6.07, 6.45) is -1.02. The van der Waals surface area contributed by atoms with Gasteiger partial charge in [-0.2, -0.15) is 13.2 Å². The first kappa shape index (κ1) is 26.7. The minimum atomic E-state index is -4.64. The normalized spacial score (nSPS) is 11.6. The van der Waals surface area contributed by atoms with E-state index < -0.39 is 17.8 Å². The summed E-state index contributed by atoms with van der Waals surface area (Å²) in [5.41, 5.74) is 1.43. The molecule has 3 N–H and O–H groups in total. The van der Waals surface area contributed by atoms with Crippen LogP contribution in [0.15, 0.2) is 55.1 Å². The minimum Gasteiger partial charge on any atom is -0.493 e. The lowest BCUT2D eigenvalue weighted by Gasteiger charge is -2.17. The maximum atomic E-state index is 13.6. The fraction of sp³-hybridized carbons (Fsp3) is 0.280. The Hall–Kier alpha value is -4.39. The van der Waals surface area contributed by atoms with Gasteiger partial charge in [-0.25, -0.2) is 19.7 Å². The van der Waals surface area contributed by atoms with Crippen molar-refractivity contribution in [2.45, 2.75) is 12.6 Å². The summed E-state index contributed by atoms with van der Waals surface area (Å²) in [5, 5.41) is 8.02.